The third kappa shape index (κ3) is 2.54. The second-order valence-electron chi connectivity index (χ2n) is 3.47. The number of rotatable bonds is 3. The fourth-order valence-corrected chi connectivity index (χ4v) is 2.33. The van der Waals surface area contributed by atoms with Gasteiger partial charge in [-0.2, -0.15) is 0 Å². The Morgan fingerprint density at radius 1 is 1.47 bits per heavy atom. The Morgan fingerprint density at radius 3 is 2.94 bits per heavy atom. The van der Waals surface area contributed by atoms with Gasteiger partial charge in [0, 0.05) is 12.4 Å². The first-order valence-electron chi connectivity index (χ1n) is 5.17. The lowest BCUT2D eigenvalue weighted by Crippen LogP contribution is -2.55. The molecule has 0 atom stereocenters. The van der Waals surface area contributed by atoms with Crippen LogP contribution in [0, 0.1) is 0 Å². The summed E-state index contributed by atoms with van der Waals surface area (Å²) in [7, 11) is 0. The predicted octanol–water partition coefficient (Wildman–Crippen LogP) is 0.360. The number of carbonyl (C=O) groups excluding carboxylic acids is 2. The summed E-state index contributed by atoms with van der Waals surface area (Å²) in [5.41, 5.74) is 4.45. The molecular weight excluding hydrogens is 238 g/mol. The summed E-state index contributed by atoms with van der Waals surface area (Å²) < 4.78 is 0. The molecule has 88 valence electrons. The Kier molecular flexibility index (Phi) is 3.55. The highest BCUT2D eigenvalue weighted by atomic mass is 32.2. The van der Waals surface area contributed by atoms with Crippen molar-refractivity contribution in [1.82, 2.24) is 9.88 Å². The lowest BCUT2D eigenvalue weighted by Gasteiger charge is -2.08. The standard InChI is InChI=1S/C11H11N3O2S/c12-3-5-14-10(15)9(17-11(14)16)6-8-2-1-4-13-7-8/h1-2,4,6-7H,3,5,12H2/p+1/b9-6+. The van der Waals surface area contributed by atoms with E-state index in [0.29, 0.717) is 18.0 Å². The molecule has 17 heavy (non-hydrogen) atoms. The molecule has 1 fully saturated rings. The lowest BCUT2D eigenvalue weighted by molar-refractivity contribution is -0.367. The summed E-state index contributed by atoms with van der Waals surface area (Å²) in [5, 5.41) is -0.228. The van der Waals surface area contributed by atoms with Crippen molar-refractivity contribution < 1.29 is 15.3 Å². The van der Waals surface area contributed by atoms with Crippen LogP contribution in [0.3, 0.4) is 0 Å². The Morgan fingerprint density at radius 2 is 2.29 bits per heavy atom. The molecule has 2 amide bonds. The van der Waals surface area contributed by atoms with Crippen molar-refractivity contribution in [3.05, 3.63) is 35.0 Å². The van der Waals surface area contributed by atoms with Crippen LogP contribution in [0.15, 0.2) is 29.4 Å². The molecule has 5 nitrogen and oxygen atoms in total. The van der Waals surface area contributed by atoms with E-state index >= 15 is 0 Å². The number of aromatic nitrogens is 1. The minimum Gasteiger partial charge on any atom is -0.356 e. The highest BCUT2D eigenvalue weighted by Crippen LogP contribution is 2.31. The first-order valence-corrected chi connectivity index (χ1v) is 5.98. The summed E-state index contributed by atoms with van der Waals surface area (Å²) in [6, 6.07) is 3.62. The third-order valence-electron chi connectivity index (χ3n) is 2.24. The van der Waals surface area contributed by atoms with E-state index in [1.807, 2.05) is 6.07 Å². The van der Waals surface area contributed by atoms with Crippen LogP contribution in [0.1, 0.15) is 5.56 Å². The molecule has 0 spiro atoms. The highest BCUT2D eigenvalue weighted by Gasteiger charge is 2.34. The van der Waals surface area contributed by atoms with E-state index in [-0.39, 0.29) is 11.1 Å². The van der Waals surface area contributed by atoms with Crippen molar-refractivity contribution >= 4 is 29.0 Å². The number of imide groups is 1. The van der Waals surface area contributed by atoms with E-state index in [9.17, 15) is 9.59 Å². The van der Waals surface area contributed by atoms with E-state index in [0.717, 1.165) is 17.3 Å². The Hall–Kier alpha value is -1.66. The van der Waals surface area contributed by atoms with Crippen LogP contribution >= 0.6 is 11.8 Å². The van der Waals surface area contributed by atoms with Crippen molar-refractivity contribution in [3.63, 3.8) is 0 Å². The second kappa shape index (κ2) is 5.11. The maximum atomic E-state index is 11.9. The van der Waals surface area contributed by atoms with Crippen molar-refractivity contribution in [2.24, 2.45) is 0 Å². The molecular formula is C11H12N3O2S+. The molecule has 0 aliphatic carbocycles. The molecule has 1 aromatic heterocycles. The summed E-state index contributed by atoms with van der Waals surface area (Å²) in [6.07, 6.45) is 4.99. The van der Waals surface area contributed by atoms with Gasteiger partial charge < -0.3 is 5.73 Å². The molecule has 0 aromatic carbocycles. The SMILES string of the molecule is [NH3+]CCN1C(=O)S/C(=C/c2cccnc2)C1=O. The molecule has 1 aromatic rings. The van der Waals surface area contributed by atoms with Crippen LogP contribution in [0.4, 0.5) is 4.79 Å². The third-order valence-corrected chi connectivity index (χ3v) is 3.14. The van der Waals surface area contributed by atoms with Gasteiger partial charge in [0.1, 0.15) is 0 Å². The first-order chi connectivity index (χ1) is 8.22. The molecule has 1 aliphatic heterocycles. The minimum absolute atomic E-state index is 0.228. The second-order valence-corrected chi connectivity index (χ2v) is 4.47. The van der Waals surface area contributed by atoms with Crippen molar-refractivity contribution in [3.8, 4) is 0 Å². The number of quaternary nitrogens is 1. The summed E-state index contributed by atoms with van der Waals surface area (Å²) in [5.74, 6) is -0.243. The van der Waals surface area contributed by atoms with Crippen LogP contribution in [0.5, 0.6) is 0 Å². The summed E-state index contributed by atoms with van der Waals surface area (Å²) in [6.45, 7) is 0.896. The molecule has 0 saturated carbocycles. The lowest BCUT2D eigenvalue weighted by atomic mass is 10.2. The van der Waals surface area contributed by atoms with Crippen LogP contribution in [-0.2, 0) is 4.79 Å². The summed E-state index contributed by atoms with van der Waals surface area (Å²) >= 11 is 0.960. The fourth-order valence-electron chi connectivity index (χ4n) is 1.46. The maximum absolute atomic E-state index is 11.9. The Labute approximate surface area is 103 Å². The number of pyridine rings is 1. The van der Waals surface area contributed by atoms with Crippen molar-refractivity contribution in [1.29, 1.82) is 0 Å². The van der Waals surface area contributed by atoms with Gasteiger partial charge in [0.15, 0.2) is 0 Å². The topological polar surface area (TPSA) is 77.9 Å². The normalized spacial score (nSPS) is 18.2. The molecule has 1 saturated heterocycles. The first kappa shape index (κ1) is 11.8. The average molecular weight is 250 g/mol. The Balaban J connectivity index is 2.22. The van der Waals surface area contributed by atoms with Gasteiger partial charge in [-0.1, -0.05) is 6.07 Å². The monoisotopic (exact) mass is 250 g/mol. The zero-order valence-corrected chi connectivity index (χ0v) is 9.94. The highest BCUT2D eigenvalue weighted by molar-refractivity contribution is 8.18. The molecule has 0 radical (unpaired) electrons. The predicted molar refractivity (Wildman–Crippen MR) is 64.7 cm³/mol. The van der Waals surface area contributed by atoms with Crippen LogP contribution in [0.25, 0.3) is 6.08 Å². The largest absolute Gasteiger partial charge is 0.356 e. The smallest absolute Gasteiger partial charge is 0.293 e. The number of thioether (sulfide) groups is 1. The van der Waals surface area contributed by atoms with Gasteiger partial charge in [-0.05, 0) is 29.5 Å². The van der Waals surface area contributed by atoms with Gasteiger partial charge >= 0.3 is 0 Å². The number of hydrogen-bond acceptors (Lipinski definition) is 4. The number of amides is 2. The van der Waals surface area contributed by atoms with E-state index in [1.54, 1.807) is 24.5 Å². The zero-order valence-electron chi connectivity index (χ0n) is 9.13. The van der Waals surface area contributed by atoms with E-state index in [4.69, 9.17) is 0 Å². The summed E-state index contributed by atoms with van der Waals surface area (Å²) in [4.78, 5) is 29.1. The molecule has 0 bridgehead atoms. The van der Waals surface area contributed by atoms with Crippen LogP contribution < -0.4 is 5.73 Å². The molecule has 3 N–H and O–H groups in total. The van der Waals surface area contributed by atoms with E-state index in [1.165, 1.54) is 4.90 Å². The van der Waals surface area contributed by atoms with Crippen molar-refractivity contribution in [2.75, 3.05) is 13.1 Å². The van der Waals surface area contributed by atoms with Gasteiger partial charge in [0.2, 0.25) is 0 Å². The fraction of sp³-hybridized carbons (Fsp3) is 0.182. The average Bonchev–Trinajstić information content (AvgIpc) is 2.59. The van der Waals surface area contributed by atoms with E-state index in [2.05, 4.69) is 10.7 Å². The van der Waals surface area contributed by atoms with Gasteiger partial charge in [-0.3, -0.25) is 19.5 Å². The van der Waals surface area contributed by atoms with Crippen LogP contribution in [0.2, 0.25) is 0 Å². The number of nitrogens with zero attached hydrogens (tertiary/aromatic N) is 2. The molecule has 2 heterocycles. The number of carbonyl (C=O) groups is 2. The van der Waals surface area contributed by atoms with Gasteiger partial charge in [0.25, 0.3) is 11.1 Å². The Bertz CT molecular complexity index is 473. The van der Waals surface area contributed by atoms with Gasteiger partial charge in [-0.25, -0.2) is 0 Å². The molecule has 6 heteroatoms. The quantitative estimate of drug-likeness (QED) is 0.786. The maximum Gasteiger partial charge on any atom is 0.293 e. The van der Waals surface area contributed by atoms with Crippen LogP contribution in [-0.4, -0.2) is 34.1 Å². The zero-order chi connectivity index (χ0) is 12.3. The molecule has 0 unspecified atom stereocenters. The van der Waals surface area contributed by atoms with Gasteiger partial charge in [-0.15, -0.1) is 0 Å². The molecule has 2 rings (SSSR count). The van der Waals surface area contributed by atoms with E-state index < -0.39 is 0 Å². The van der Waals surface area contributed by atoms with Crippen molar-refractivity contribution in [2.45, 2.75) is 0 Å². The van der Waals surface area contributed by atoms with Gasteiger partial charge in [0.05, 0.1) is 18.0 Å². The minimum atomic E-state index is -0.243. The molecule has 1 aliphatic rings. The number of hydrogen-bond donors (Lipinski definition) is 1.